The zero-order valence-electron chi connectivity index (χ0n) is 10.9. The van der Waals surface area contributed by atoms with E-state index >= 15 is 0 Å². The number of hydrogen-bond donors (Lipinski definition) is 1. The van der Waals surface area contributed by atoms with Crippen molar-refractivity contribution in [2.75, 3.05) is 5.32 Å². The molecule has 0 saturated heterocycles. The minimum Gasteiger partial charge on any atom is -0.320 e. The van der Waals surface area contributed by atoms with Crippen molar-refractivity contribution >= 4 is 57.7 Å². The maximum Gasteiger partial charge on any atom is 0.406 e. The van der Waals surface area contributed by atoms with E-state index in [1.165, 1.54) is 6.07 Å². The van der Waals surface area contributed by atoms with Gasteiger partial charge in [0, 0.05) is 6.20 Å². The lowest BCUT2D eigenvalue weighted by Crippen LogP contribution is -2.28. The van der Waals surface area contributed by atoms with Crippen molar-refractivity contribution in [3.05, 3.63) is 47.9 Å². The van der Waals surface area contributed by atoms with Gasteiger partial charge in [0.25, 0.3) is 11.5 Å². The van der Waals surface area contributed by atoms with E-state index in [9.17, 15) is 22.8 Å². The minimum absolute atomic E-state index is 0.0653. The summed E-state index contributed by atoms with van der Waals surface area (Å²) >= 11 is 18.0. The van der Waals surface area contributed by atoms with E-state index in [1.807, 2.05) is 0 Å². The molecular weight excluding hydrogens is 400 g/mol. The van der Waals surface area contributed by atoms with Crippen LogP contribution in [0.4, 0.5) is 18.9 Å². The molecule has 1 N–H and O–H groups in total. The van der Waals surface area contributed by atoms with E-state index in [0.29, 0.717) is 4.57 Å². The number of nitrogens with one attached hydrogen (secondary N) is 1. The molecule has 0 radical (unpaired) electrons. The highest BCUT2D eigenvalue weighted by Crippen LogP contribution is 2.32. The Labute approximate surface area is 146 Å². The van der Waals surface area contributed by atoms with Gasteiger partial charge in [0.2, 0.25) is 0 Å². The zero-order valence-corrected chi connectivity index (χ0v) is 14.0. The van der Waals surface area contributed by atoms with E-state index in [2.05, 4.69) is 5.32 Å². The van der Waals surface area contributed by atoms with Crippen molar-refractivity contribution in [3.8, 4) is 0 Å². The maximum absolute atomic E-state index is 12.4. The Kier molecular flexibility index (Phi) is 5.30. The SMILES string of the molecule is O=C(Nc1cc(Cl)c(=O)n(CC(F)(F)F)c1)c1cc(Cl)c(Cl)s1. The van der Waals surface area contributed by atoms with Gasteiger partial charge in [-0.1, -0.05) is 34.8 Å². The molecule has 0 aromatic carbocycles. The molecule has 0 aliphatic rings. The molecule has 0 aliphatic carbocycles. The number of alkyl halides is 3. The van der Waals surface area contributed by atoms with Gasteiger partial charge in [-0.15, -0.1) is 11.3 Å². The van der Waals surface area contributed by atoms with Crippen LogP contribution in [-0.2, 0) is 6.54 Å². The van der Waals surface area contributed by atoms with Crippen LogP contribution in [0.2, 0.25) is 14.4 Å². The van der Waals surface area contributed by atoms with Crippen LogP contribution in [0.5, 0.6) is 0 Å². The Morgan fingerprint density at radius 2 is 1.87 bits per heavy atom. The van der Waals surface area contributed by atoms with Crippen LogP contribution in [0, 0.1) is 0 Å². The van der Waals surface area contributed by atoms with Crippen LogP contribution in [0.25, 0.3) is 0 Å². The maximum atomic E-state index is 12.4. The number of hydrogen-bond acceptors (Lipinski definition) is 3. The molecule has 2 heterocycles. The van der Waals surface area contributed by atoms with Gasteiger partial charge in [0.05, 0.1) is 15.6 Å². The molecule has 0 saturated carbocycles. The van der Waals surface area contributed by atoms with Crippen molar-refractivity contribution in [1.29, 1.82) is 0 Å². The standard InChI is InChI=1S/C12H6Cl3F3N2O2S/c13-6-2-8(23-9(6)15)10(21)19-5-1-7(14)11(22)20(3-5)4-12(16,17)18/h1-3H,4H2,(H,19,21). The zero-order chi connectivity index (χ0) is 17.4. The Hall–Kier alpha value is -1.22. The average molecular weight is 406 g/mol. The Balaban J connectivity index is 2.29. The molecule has 2 aromatic heterocycles. The van der Waals surface area contributed by atoms with Crippen LogP contribution in [0.1, 0.15) is 9.67 Å². The molecule has 0 atom stereocenters. The van der Waals surface area contributed by atoms with Gasteiger partial charge in [-0.25, -0.2) is 0 Å². The van der Waals surface area contributed by atoms with Crippen LogP contribution < -0.4 is 10.9 Å². The average Bonchev–Trinajstić information content (AvgIpc) is 2.74. The molecule has 11 heteroatoms. The van der Waals surface area contributed by atoms with Gasteiger partial charge in [0.15, 0.2) is 0 Å². The topological polar surface area (TPSA) is 51.1 Å². The third-order valence-electron chi connectivity index (χ3n) is 2.52. The van der Waals surface area contributed by atoms with E-state index in [4.69, 9.17) is 34.8 Å². The fourth-order valence-electron chi connectivity index (χ4n) is 1.63. The van der Waals surface area contributed by atoms with Crippen LogP contribution >= 0.6 is 46.1 Å². The van der Waals surface area contributed by atoms with Crippen molar-refractivity contribution in [2.24, 2.45) is 0 Å². The molecular formula is C12H6Cl3F3N2O2S. The number of halogens is 6. The fourth-order valence-corrected chi connectivity index (χ4v) is 3.12. The number of anilines is 1. The number of amides is 1. The summed E-state index contributed by atoms with van der Waals surface area (Å²) in [5.41, 5.74) is -1.08. The van der Waals surface area contributed by atoms with Crippen molar-refractivity contribution < 1.29 is 18.0 Å². The minimum atomic E-state index is -4.61. The van der Waals surface area contributed by atoms with E-state index in [-0.39, 0.29) is 19.9 Å². The molecule has 0 aliphatic heterocycles. The third kappa shape index (κ3) is 4.63. The van der Waals surface area contributed by atoms with Gasteiger partial charge in [-0.05, 0) is 12.1 Å². The molecule has 0 spiro atoms. The summed E-state index contributed by atoms with van der Waals surface area (Å²) in [6.07, 6.45) is -3.75. The van der Waals surface area contributed by atoms with Crippen LogP contribution in [0.15, 0.2) is 23.1 Å². The first-order valence-electron chi connectivity index (χ1n) is 5.80. The summed E-state index contributed by atoms with van der Waals surface area (Å²) in [6.45, 7) is -1.52. The van der Waals surface area contributed by atoms with Gasteiger partial charge in [0.1, 0.15) is 15.9 Å². The van der Waals surface area contributed by atoms with E-state index < -0.39 is 29.2 Å². The van der Waals surface area contributed by atoms with E-state index in [0.717, 1.165) is 23.6 Å². The lowest BCUT2D eigenvalue weighted by atomic mass is 10.3. The first-order chi connectivity index (χ1) is 10.6. The second-order valence-corrected chi connectivity index (χ2v) is 6.78. The molecule has 23 heavy (non-hydrogen) atoms. The van der Waals surface area contributed by atoms with Gasteiger partial charge < -0.3 is 9.88 Å². The highest BCUT2D eigenvalue weighted by molar-refractivity contribution is 7.18. The van der Waals surface area contributed by atoms with Crippen LogP contribution in [0.3, 0.4) is 0 Å². The predicted molar refractivity (Wildman–Crippen MR) is 84.1 cm³/mol. The lowest BCUT2D eigenvalue weighted by Gasteiger charge is -2.12. The molecule has 2 rings (SSSR count). The molecule has 4 nitrogen and oxygen atoms in total. The quantitative estimate of drug-likeness (QED) is 0.806. The molecule has 0 bridgehead atoms. The second kappa shape index (κ2) is 6.72. The fraction of sp³-hybridized carbons (Fsp3) is 0.167. The molecule has 1 amide bonds. The highest BCUT2D eigenvalue weighted by Gasteiger charge is 2.29. The number of carbonyl (C=O) groups excluding carboxylic acids is 1. The normalized spacial score (nSPS) is 11.6. The molecule has 2 aromatic rings. The van der Waals surface area contributed by atoms with Crippen molar-refractivity contribution in [1.82, 2.24) is 4.57 Å². The van der Waals surface area contributed by atoms with Crippen molar-refractivity contribution in [3.63, 3.8) is 0 Å². The predicted octanol–water partition coefficient (Wildman–Crippen LogP) is 4.68. The van der Waals surface area contributed by atoms with Gasteiger partial charge >= 0.3 is 6.18 Å². The third-order valence-corrected chi connectivity index (χ3v) is 4.65. The van der Waals surface area contributed by atoms with Crippen molar-refractivity contribution in [2.45, 2.75) is 12.7 Å². The Morgan fingerprint density at radius 1 is 1.22 bits per heavy atom. The summed E-state index contributed by atoms with van der Waals surface area (Å²) in [7, 11) is 0. The number of rotatable bonds is 3. The number of carbonyl (C=O) groups is 1. The first kappa shape index (κ1) is 18.1. The van der Waals surface area contributed by atoms with Gasteiger partial charge in [-0.2, -0.15) is 13.2 Å². The number of pyridine rings is 1. The number of thiophene rings is 1. The summed E-state index contributed by atoms with van der Waals surface area (Å²) in [5, 5.41) is 2.07. The molecule has 124 valence electrons. The summed E-state index contributed by atoms with van der Waals surface area (Å²) < 4.78 is 37.9. The summed E-state index contributed by atoms with van der Waals surface area (Å²) in [4.78, 5) is 23.7. The summed E-state index contributed by atoms with van der Waals surface area (Å²) in [5.74, 6) is -0.642. The van der Waals surface area contributed by atoms with E-state index in [1.54, 1.807) is 0 Å². The molecule has 0 fully saturated rings. The summed E-state index contributed by atoms with van der Waals surface area (Å²) in [6, 6.07) is 2.38. The molecule has 0 unspecified atom stereocenters. The number of nitrogens with zero attached hydrogens (tertiary/aromatic N) is 1. The number of aromatic nitrogens is 1. The smallest absolute Gasteiger partial charge is 0.320 e. The Bertz CT molecular complexity index is 797. The first-order valence-corrected chi connectivity index (χ1v) is 7.75. The monoisotopic (exact) mass is 404 g/mol. The van der Waals surface area contributed by atoms with Gasteiger partial charge in [-0.3, -0.25) is 9.59 Å². The lowest BCUT2D eigenvalue weighted by molar-refractivity contribution is -0.141. The largest absolute Gasteiger partial charge is 0.406 e. The Morgan fingerprint density at radius 3 is 2.39 bits per heavy atom. The van der Waals surface area contributed by atoms with Crippen LogP contribution in [-0.4, -0.2) is 16.7 Å². The highest BCUT2D eigenvalue weighted by atomic mass is 35.5. The second-order valence-electron chi connectivity index (χ2n) is 4.31.